The number of hydrogen-bond acceptors (Lipinski definition) is 4. The number of nitrogens with zero attached hydrogens (tertiary/aromatic N) is 2. The molecule has 1 aromatic carbocycles. The molecule has 2 rings (SSSR count). The van der Waals surface area contributed by atoms with Gasteiger partial charge in [0.05, 0.1) is 18.7 Å². The van der Waals surface area contributed by atoms with E-state index in [1.165, 1.54) is 0 Å². The maximum absolute atomic E-state index is 11.6. The Morgan fingerprint density at radius 1 is 1.40 bits per heavy atom. The van der Waals surface area contributed by atoms with Crippen molar-refractivity contribution in [1.82, 2.24) is 10.3 Å². The summed E-state index contributed by atoms with van der Waals surface area (Å²) in [7, 11) is 1.61. The average Bonchev–Trinajstić information content (AvgIpc) is 2.50. The van der Waals surface area contributed by atoms with Gasteiger partial charge in [-0.15, -0.1) is 0 Å². The quantitative estimate of drug-likeness (QED) is 0.862. The van der Waals surface area contributed by atoms with Crippen molar-refractivity contribution in [3.05, 3.63) is 35.9 Å². The summed E-state index contributed by atoms with van der Waals surface area (Å²) in [5, 5.41) is 13.1. The molecule has 0 radical (unpaired) electrons. The third-order valence-electron chi connectivity index (χ3n) is 3.24. The summed E-state index contributed by atoms with van der Waals surface area (Å²) in [6.07, 6.45) is 0. The molecule has 5 nitrogen and oxygen atoms in total. The normalized spacial score (nSPS) is 10.6. The molecule has 2 N–H and O–H groups in total. The fourth-order valence-corrected chi connectivity index (χ4v) is 2.13. The van der Waals surface area contributed by atoms with Crippen LogP contribution in [0.25, 0.3) is 10.9 Å². The molecule has 0 saturated heterocycles. The summed E-state index contributed by atoms with van der Waals surface area (Å²) in [5.74, 6) is 0.586. The Bertz CT molecular complexity index is 613. The van der Waals surface area contributed by atoms with E-state index in [4.69, 9.17) is 0 Å². The zero-order chi connectivity index (χ0) is 14.5. The molecule has 2 aromatic rings. The van der Waals surface area contributed by atoms with Gasteiger partial charge >= 0.3 is 0 Å². The van der Waals surface area contributed by atoms with E-state index in [1.54, 1.807) is 7.05 Å². The summed E-state index contributed by atoms with van der Waals surface area (Å²) in [5.41, 5.74) is 1.59. The smallest absolute Gasteiger partial charge is 0.239 e. The molecule has 1 heterocycles. The highest BCUT2D eigenvalue weighted by Crippen LogP contribution is 2.23. The van der Waals surface area contributed by atoms with E-state index < -0.39 is 0 Å². The number of fused-ring (bicyclic) bond motifs is 1. The van der Waals surface area contributed by atoms with E-state index in [-0.39, 0.29) is 19.1 Å². The molecule has 0 saturated carbocycles. The fourth-order valence-electron chi connectivity index (χ4n) is 2.13. The van der Waals surface area contributed by atoms with Gasteiger partial charge in [-0.05, 0) is 19.1 Å². The summed E-state index contributed by atoms with van der Waals surface area (Å²) in [6.45, 7) is 2.73. The summed E-state index contributed by atoms with van der Waals surface area (Å²) < 4.78 is 0. The van der Waals surface area contributed by atoms with Gasteiger partial charge in [-0.3, -0.25) is 4.79 Å². The summed E-state index contributed by atoms with van der Waals surface area (Å²) >= 11 is 0. The lowest BCUT2D eigenvalue weighted by molar-refractivity contribution is -0.119. The highest BCUT2D eigenvalue weighted by molar-refractivity contribution is 5.84. The Morgan fingerprint density at radius 2 is 2.15 bits per heavy atom. The number of aromatic nitrogens is 1. The van der Waals surface area contributed by atoms with Gasteiger partial charge in [-0.2, -0.15) is 0 Å². The van der Waals surface area contributed by atoms with Crippen LogP contribution in [0.1, 0.15) is 12.5 Å². The monoisotopic (exact) mass is 273 g/mol. The molecular weight excluding hydrogens is 254 g/mol. The number of carbonyl (C=O) groups is 1. The molecule has 0 aliphatic heterocycles. The van der Waals surface area contributed by atoms with Crippen LogP contribution >= 0.6 is 0 Å². The molecule has 0 fully saturated rings. The van der Waals surface area contributed by atoms with Crippen molar-refractivity contribution in [1.29, 1.82) is 0 Å². The second kappa shape index (κ2) is 6.34. The van der Waals surface area contributed by atoms with Gasteiger partial charge in [0.15, 0.2) is 0 Å². The standard InChI is InChI=1S/C15H19N3O2/c1-3-18(9-14(20)16-2)15-12(10-19)8-11-6-4-5-7-13(11)17-15/h4-8,19H,3,9-10H2,1-2H3,(H,16,20). The van der Waals surface area contributed by atoms with Gasteiger partial charge in [-0.25, -0.2) is 4.98 Å². The number of aliphatic hydroxyl groups excluding tert-OH is 1. The summed E-state index contributed by atoms with van der Waals surface area (Å²) in [4.78, 5) is 18.0. The van der Waals surface area contributed by atoms with Gasteiger partial charge in [0, 0.05) is 24.5 Å². The predicted molar refractivity (Wildman–Crippen MR) is 79.6 cm³/mol. The topological polar surface area (TPSA) is 65.5 Å². The van der Waals surface area contributed by atoms with Crippen molar-refractivity contribution in [3.63, 3.8) is 0 Å². The van der Waals surface area contributed by atoms with Crippen molar-refractivity contribution >= 4 is 22.6 Å². The predicted octanol–water partition coefficient (Wildman–Crippen LogP) is 1.30. The maximum Gasteiger partial charge on any atom is 0.239 e. The van der Waals surface area contributed by atoms with Crippen LogP contribution in [0.5, 0.6) is 0 Å². The molecule has 0 bridgehead atoms. The number of hydrogen-bond donors (Lipinski definition) is 2. The lowest BCUT2D eigenvalue weighted by Crippen LogP contribution is -2.36. The van der Waals surface area contributed by atoms with Crippen LogP contribution in [0.15, 0.2) is 30.3 Å². The molecule has 0 atom stereocenters. The molecule has 106 valence electrons. The van der Waals surface area contributed by atoms with Crippen molar-refractivity contribution in [2.75, 3.05) is 25.0 Å². The highest BCUT2D eigenvalue weighted by atomic mass is 16.3. The zero-order valence-electron chi connectivity index (χ0n) is 11.8. The van der Waals surface area contributed by atoms with Gasteiger partial charge in [0.2, 0.25) is 5.91 Å². The highest BCUT2D eigenvalue weighted by Gasteiger charge is 2.15. The fraction of sp³-hybridized carbons (Fsp3) is 0.333. The Morgan fingerprint density at radius 3 is 2.80 bits per heavy atom. The molecule has 5 heteroatoms. The number of aliphatic hydroxyl groups is 1. The molecular formula is C15H19N3O2. The van der Waals surface area contributed by atoms with Crippen LogP contribution in [-0.2, 0) is 11.4 Å². The minimum atomic E-state index is -0.0998. The number of para-hydroxylation sites is 1. The largest absolute Gasteiger partial charge is 0.392 e. The first-order valence-corrected chi connectivity index (χ1v) is 6.64. The van der Waals surface area contributed by atoms with Crippen molar-refractivity contribution in [2.24, 2.45) is 0 Å². The van der Waals surface area contributed by atoms with E-state index in [0.29, 0.717) is 12.4 Å². The van der Waals surface area contributed by atoms with Crippen LogP contribution in [0.3, 0.4) is 0 Å². The van der Waals surface area contributed by atoms with Crippen LogP contribution in [0, 0.1) is 0 Å². The minimum absolute atomic E-state index is 0.0781. The number of benzene rings is 1. The number of nitrogens with one attached hydrogen (secondary N) is 1. The number of anilines is 1. The zero-order valence-corrected chi connectivity index (χ0v) is 11.8. The van der Waals surface area contributed by atoms with E-state index in [0.717, 1.165) is 16.5 Å². The Balaban J connectivity index is 2.46. The first kappa shape index (κ1) is 14.3. The van der Waals surface area contributed by atoms with Gasteiger partial charge < -0.3 is 15.3 Å². The van der Waals surface area contributed by atoms with Crippen molar-refractivity contribution in [2.45, 2.75) is 13.5 Å². The first-order valence-electron chi connectivity index (χ1n) is 6.64. The lowest BCUT2D eigenvalue weighted by atomic mass is 10.1. The van der Waals surface area contributed by atoms with Crippen molar-refractivity contribution in [3.8, 4) is 0 Å². The van der Waals surface area contributed by atoms with Crippen LogP contribution < -0.4 is 10.2 Å². The van der Waals surface area contributed by atoms with Gasteiger partial charge in [-0.1, -0.05) is 18.2 Å². The van der Waals surface area contributed by atoms with Crippen LogP contribution in [0.4, 0.5) is 5.82 Å². The number of rotatable bonds is 5. The number of likely N-dealkylation sites (N-methyl/N-ethyl adjacent to an activating group) is 2. The molecule has 0 spiro atoms. The molecule has 0 aliphatic carbocycles. The number of pyridine rings is 1. The Kier molecular flexibility index (Phi) is 4.53. The maximum atomic E-state index is 11.6. The van der Waals surface area contributed by atoms with Crippen LogP contribution in [0.2, 0.25) is 0 Å². The molecule has 1 aromatic heterocycles. The minimum Gasteiger partial charge on any atom is -0.392 e. The molecule has 1 amide bonds. The number of amides is 1. The van der Waals surface area contributed by atoms with E-state index in [1.807, 2.05) is 42.2 Å². The lowest BCUT2D eigenvalue weighted by Gasteiger charge is -2.23. The van der Waals surface area contributed by atoms with E-state index in [2.05, 4.69) is 10.3 Å². The van der Waals surface area contributed by atoms with Crippen LogP contribution in [-0.4, -0.2) is 36.1 Å². The first-order chi connectivity index (χ1) is 9.69. The number of carbonyl (C=O) groups excluding carboxylic acids is 1. The Labute approximate surface area is 118 Å². The van der Waals surface area contributed by atoms with E-state index in [9.17, 15) is 9.90 Å². The second-order valence-electron chi connectivity index (χ2n) is 4.51. The molecule has 0 unspecified atom stereocenters. The van der Waals surface area contributed by atoms with E-state index >= 15 is 0 Å². The SMILES string of the molecule is CCN(CC(=O)NC)c1nc2ccccc2cc1CO. The summed E-state index contributed by atoms with van der Waals surface area (Å²) in [6, 6.07) is 9.66. The molecule has 20 heavy (non-hydrogen) atoms. The molecule has 0 aliphatic rings. The second-order valence-corrected chi connectivity index (χ2v) is 4.51. The Hall–Kier alpha value is -2.14. The van der Waals surface area contributed by atoms with Gasteiger partial charge in [0.1, 0.15) is 5.82 Å². The third kappa shape index (κ3) is 2.88. The third-order valence-corrected chi connectivity index (χ3v) is 3.24. The average molecular weight is 273 g/mol. The van der Waals surface area contributed by atoms with Crippen molar-refractivity contribution < 1.29 is 9.90 Å². The van der Waals surface area contributed by atoms with Gasteiger partial charge in [0.25, 0.3) is 0 Å².